The molecule has 0 bridgehead atoms. The van der Waals surface area contributed by atoms with E-state index in [1.807, 2.05) is 41.4 Å². The molecule has 0 saturated heterocycles. The quantitative estimate of drug-likeness (QED) is 0.241. The fraction of sp³-hybridized carbons (Fsp3) is 0.200. The molecule has 0 saturated carbocycles. The maximum absolute atomic E-state index is 4.87. The van der Waals surface area contributed by atoms with Crippen LogP contribution < -0.4 is 0 Å². The Morgan fingerprint density at radius 3 is 2.43 bits per heavy atom. The SMILES string of the molecule is CC(C)(C)c1ccc(CSc2nc(-c3ccccc3)cn2/N=C\c2cccs2)cc1. The molecule has 0 unspecified atom stereocenters. The van der Waals surface area contributed by atoms with Crippen molar-refractivity contribution in [3.63, 3.8) is 0 Å². The zero-order valence-electron chi connectivity index (χ0n) is 17.4. The highest BCUT2D eigenvalue weighted by Gasteiger charge is 2.14. The van der Waals surface area contributed by atoms with Crippen molar-refractivity contribution in [3.8, 4) is 11.3 Å². The number of rotatable bonds is 6. The highest BCUT2D eigenvalue weighted by Crippen LogP contribution is 2.28. The molecule has 0 amide bonds. The predicted octanol–water partition coefficient (Wildman–Crippen LogP) is 7.08. The number of hydrogen-bond donors (Lipinski definition) is 0. The summed E-state index contributed by atoms with van der Waals surface area (Å²) < 4.78 is 1.89. The van der Waals surface area contributed by atoms with Crippen molar-refractivity contribution in [3.05, 3.63) is 94.3 Å². The number of imidazole rings is 1. The van der Waals surface area contributed by atoms with Crippen LogP contribution in [-0.2, 0) is 11.2 Å². The summed E-state index contributed by atoms with van der Waals surface area (Å²) in [6, 6.07) is 23.2. The Hall–Kier alpha value is -2.63. The summed E-state index contributed by atoms with van der Waals surface area (Å²) in [6.07, 6.45) is 3.90. The van der Waals surface area contributed by atoms with E-state index in [1.165, 1.54) is 11.1 Å². The van der Waals surface area contributed by atoms with Gasteiger partial charge in [-0.25, -0.2) is 9.66 Å². The van der Waals surface area contributed by atoms with E-state index >= 15 is 0 Å². The maximum Gasteiger partial charge on any atom is 0.189 e. The molecule has 0 N–H and O–H groups in total. The average molecular weight is 432 g/mol. The van der Waals surface area contributed by atoms with Gasteiger partial charge >= 0.3 is 0 Å². The molecule has 30 heavy (non-hydrogen) atoms. The Morgan fingerprint density at radius 1 is 1.00 bits per heavy atom. The lowest BCUT2D eigenvalue weighted by Gasteiger charge is -2.19. The fourth-order valence-corrected chi connectivity index (χ4v) is 4.48. The topological polar surface area (TPSA) is 30.2 Å². The van der Waals surface area contributed by atoms with Crippen molar-refractivity contribution in [1.82, 2.24) is 9.66 Å². The molecule has 0 aliphatic carbocycles. The molecule has 152 valence electrons. The molecule has 2 aromatic carbocycles. The number of thioether (sulfide) groups is 1. The van der Waals surface area contributed by atoms with Crippen LogP contribution in [0.25, 0.3) is 11.3 Å². The van der Waals surface area contributed by atoms with Gasteiger partial charge < -0.3 is 0 Å². The van der Waals surface area contributed by atoms with Gasteiger partial charge in [-0.05, 0) is 28.0 Å². The second kappa shape index (κ2) is 9.02. The van der Waals surface area contributed by atoms with E-state index in [-0.39, 0.29) is 5.41 Å². The van der Waals surface area contributed by atoms with E-state index in [2.05, 4.69) is 73.7 Å². The van der Waals surface area contributed by atoms with Gasteiger partial charge in [0.15, 0.2) is 5.16 Å². The van der Waals surface area contributed by atoms with Crippen LogP contribution in [0, 0.1) is 0 Å². The van der Waals surface area contributed by atoms with E-state index in [1.54, 1.807) is 23.1 Å². The summed E-state index contributed by atoms with van der Waals surface area (Å²) >= 11 is 3.38. The second-order valence-electron chi connectivity index (χ2n) is 8.11. The van der Waals surface area contributed by atoms with Crippen LogP contribution in [0.4, 0.5) is 0 Å². The Labute approximate surface area is 186 Å². The highest BCUT2D eigenvalue weighted by atomic mass is 32.2. The van der Waals surface area contributed by atoms with Crippen LogP contribution in [0.5, 0.6) is 0 Å². The molecule has 2 heterocycles. The smallest absolute Gasteiger partial charge is 0.189 e. The van der Waals surface area contributed by atoms with Crippen molar-refractivity contribution in [2.75, 3.05) is 0 Å². The molecule has 4 rings (SSSR count). The Kier molecular flexibility index (Phi) is 6.21. The minimum Gasteiger partial charge on any atom is -0.221 e. The van der Waals surface area contributed by atoms with Gasteiger partial charge in [-0.1, -0.05) is 93.2 Å². The lowest BCUT2D eigenvalue weighted by atomic mass is 9.87. The Morgan fingerprint density at radius 2 is 1.77 bits per heavy atom. The van der Waals surface area contributed by atoms with Crippen molar-refractivity contribution in [2.24, 2.45) is 5.10 Å². The molecule has 0 spiro atoms. The molecular formula is C25H25N3S2. The average Bonchev–Trinajstić information content (AvgIpc) is 3.41. The minimum absolute atomic E-state index is 0.170. The maximum atomic E-state index is 4.87. The number of thiophene rings is 1. The van der Waals surface area contributed by atoms with Gasteiger partial charge in [0.05, 0.1) is 18.1 Å². The van der Waals surface area contributed by atoms with Crippen molar-refractivity contribution in [1.29, 1.82) is 0 Å². The molecular weight excluding hydrogens is 406 g/mol. The van der Waals surface area contributed by atoms with Crippen LogP contribution in [0.2, 0.25) is 0 Å². The van der Waals surface area contributed by atoms with Crippen molar-refractivity contribution < 1.29 is 0 Å². The summed E-state index contributed by atoms with van der Waals surface area (Å²) in [5.74, 6) is 0.851. The molecule has 4 aromatic rings. The van der Waals surface area contributed by atoms with E-state index in [9.17, 15) is 0 Å². The van der Waals surface area contributed by atoms with Crippen LogP contribution in [0.1, 0.15) is 36.8 Å². The van der Waals surface area contributed by atoms with Crippen LogP contribution >= 0.6 is 23.1 Å². The summed E-state index contributed by atoms with van der Waals surface area (Å²) in [7, 11) is 0. The third-order valence-electron chi connectivity index (χ3n) is 4.77. The monoisotopic (exact) mass is 431 g/mol. The molecule has 0 aliphatic rings. The van der Waals surface area contributed by atoms with Gasteiger partial charge in [0, 0.05) is 16.2 Å². The van der Waals surface area contributed by atoms with Crippen LogP contribution in [0.15, 0.2) is 88.6 Å². The van der Waals surface area contributed by atoms with Gasteiger partial charge in [-0.2, -0.15) is 5.10 Å². The first-order chi connectivity index (χ1) is 14.5. The summed E-state index contributed by atoms with van der Waals surface area (Å²) in [5, 5.41) is 7.62. The van der Waals surface area contributed by atoms with Crippen LogP contribution in [-0.4, -0.2) is 15.9 Å². The minimum atomic E-state index is 0.170. The molecule has 0 fully saturated rings. The molecule has 0 radical (unpaired) electrons. The fourth-order valence-electron chi connectivity index (χ4n) is 3.02. The van der Waals surface area contributed by atoms with Crippen LogP contribution in [0.3, 0.4) is 0 Å². The Bertz CT molecular complexity index is 1100. The molecule has 3 nitrogen and oxygen atoms in total. The standard InChI is InChI=1S/C25H25N3S2/c1-25(2,3)21-13-11-19(12-14-21)18-30-24-27-23(20-8-5-4-6-9-20)17-28(24)26-16-22-10-7-15-29-22/h4-17H,18H2,1-3H3/b26-16-. The van der Waals surface area contributed by atoms with Gasteiger partial charge in [0.2, 0.25) is 0 Å². The van der Waals surface area contributed by atoms with E-state index in [4.69, 9.17) is 4.98 Å². The zero-order chi connectivity index (χ0) is 21.0. The van der Waals surface area contributed by atoms with E-state index in [0.29, 0.717) is 0 Å². The number of aromatic nitrogens is 2. The highest BCUT2D eigenvalue weighted by molar-refractivity contribution is 7.98. The molecule has 0 aliphatic heterocycles. The summed E-state index contributed by atoms with van der Waals surface area (Å²) in [4.78, 5) is 5.99. The lowest BCUT2D eigenvalue weighted by Crippen LogP contribution is -2.10. The first-order valence-corrected chi connectivity index (χ1v) is 11.8. The largest absolute Gasteiger partial charge is 0.221 e. The third kappa shape index (κ3) is 5.10. The summed E-state index contributed by atoms with van der Waals surface area (Å²) in [5.41, 5.74) is 4.84. The first-order valence-electron chi connectivity index (χ1n) is 9.94. The van der Waals surface area contributed by atoms with E-state index < -0.39 is 0 Å². The van der Waals surface area contributed by atoms with E-state index in [0.717, 1.165) is 27.0 Å². The third-order valence-corrected chi connectivity index (χ3v) is 6.59. The first kappa shape index (κ1) is 20.6. The van der Waals surface area contributed by atoms with Crippen molar-refractivity contribution >= 4 is 29.3 Å². The predicted molar refractivity (Wildman–Crippen MR) is 130 cm³/mol. The van der Waals surface area contributed by atoms with Gasteiger partial charge in [0.25, 0.3) is 0 Å². The number of benzene rings is 2. The summed E-state index contributed by atoms with van der Waals surface area (Å²) in [6.45, 7) is 6.72. The molecule has 0 atom stereocenters. The zero-order valence-corrected chi connectivity index (χ0v) is 19.1. The Balaban J connectivity index is 1.57. The van der Waals surface area contributed by atoms with Crippen molar-refractivity contribution in [2.45, 2.75) is 37.1 Å². The van der Waals surface area contributed by atoms with Gasteiger partial charge in [-0.3, -0.25) is 0 Å². The normalized spacial score (nSPS) is 12.0. The molecule has 2 aromatic heterocycles. The number of hydrogen-bond acceptors (Lipinski definition) is 4. The second-order valence-corrected chi connectivity index (χ2v) is 10.0. The van der Waals surface area contributed by atoms with Gasteiger partial charge in [-0.15, -0.1) is 11.3 Å². The molecule has 5 heteroatoms. The lowest BCUT2D eigenvalue weighted by molar-refractivity contribution is 0.590. The number of nitrogens with zero attached hydrogens (tertiary/aromatic N) is 3. The van der Waals surface area contributed by atoms with Gasteiger partial charge in [0.1, 0.15) is 0 Å².